The van der Waals surface area contributed by atoms with Gasteiger partial charge in [0, 0.05) is 13.0 Å². The molecule has 4 rings (SSSR count). The van der Waals surface area contributed by atoms with E-state index in [-0.39, 0.29) is 0 Å². The first kappa shape index (κ1) is 12.4. The summed E-state index contributed by atoms with van der Waals surface area (Å²) < 4.78 is 7.68. The Kier molecular flexibility index (Phi) is 3.07. The second kappa shape index (κ2) is 5.20. The van der Waals surface area contributed by atoms with E-state index >= 15 is 0 Å². The van der Waals surface area contributed by atoms with Crippen molar-refractivity contribution < 1.29 is 4.42 Å². The molecule has 0 fully saturated rings. The average Bonchev–Trinajstić information content (AvgIpc) is 3.14. The standard InChI is InChI=1S/C17H17N3O/c1-2-5-13(6-3-1)14-8-9-16-18-19-17(20(16)11-10-14)15-7-4-12-21-15/h1-7,12,14H,8-11H2. The minimum absolute atomic E-state index is 0.595. The molecule has 2 aromatic heterocycles. The van der Waals surface area contributed by atoms with Gasteiger partial charge in [-0.05, 0) is 36.5 Å². The number of benzene rings is 1. The smallest absolute Gasteiger partial charge is 0.199 e. The van der Waals surface area contributed by atoms with Crippen molar-refractivity contribution in [2.45, 2.75) is 31.7 Å². The first-order chi connectivity index (χ1) is 10.4. The van der Waals surface area contributed by atoms with Crippen molar-refractivity contribution in [1.82, 2.24) is 14.8 Å². The maximum absolute atomic E-state index is 5.47. The number of hydrogen-bond donors (Lipinski definition) is 0. The van der Waals surface area contributed by atoms with Crippen LogP contribution in [0.3, 0.4) is 0 Å². The summed E-state index contributed by atoms with van der Waals surface area (Å²) in [6.07, 6.45) is 4.89. The summed E-state index contributed by atoms with van der Waals surface area (Å²) in [5, 5.41) is 8.65. The Hall–Kier alpha value is -2.36. The highest BCUT2D eigenvalue weighted by Gasteiger charge is 2.22. The number of aromatic nitrogens is 3. The van der Waals surface area contributed by atoms with Crippen molar-refractivity contribution in [2.75, 3.05) is 0 Å². The summed E-state index contributed by atoms with van der Waals surface area (Å²) >= 11 is 0. The minimum Gasteiger partial charge on any atom is -0.461 e. The quantitative estimate of drug-likeness (QED) is 0.719. The topological polar surface area (TPSA) is 43.9 Å². The molecule has 4 nitrogen and oxygen atoms in total. The second-order valence-corrected chi connectivity index (χ2v) is 5.50. The van der Waals surface area contributed by atoms with Crippen molar-refractivity contribution in [1.29, 1.82) is 0 Å². The van der Waals surface area contributed by atoms with Gasteiger partial charge in [0.05, 0.1) is 6.26 Å². The van der Waals surface area contributed by atoms with E-state index in [4.69, 9.17) is 4.42 Å². The fraction of sp³-hybridized carbons (Fsp3) is 0.294. The van der Waals surface area contributed by atoms with E-state index in [1.165, 1.54) is 5.56 Å². The van der Waals surface area contributed by atoms with Crippen LogP contribution in [-0.4, -0.2) is 14.8 Å². The van der Waals surface area contributed by atoms with E-state index in [2.05, 4.69) is 45.1 Å². The molecule has 0 bridgehead atoms. The van der Waals surface area contributed by atoms with E-state index in [0.29, 0.717) is 5.92 Å². The summed E-state index contributed by atoms with van der Waals surface area (Å²) in [4.78, 5) is 0. The van der Waals surface area contributed by atoms with Crippen LogP contribution in [0.15, 0.2) is 53.1 Å². The Labute approximate surface area is 123 Å². The lowest BCUT2D eigenvalue weighted by Crippen LogP contribution is -2.04. The third-order valence-corrected chi connectivity index (χ3v) is 4.26. The molecule has 0 saturated heterocycles. The third kappa shape index (κ3) is 2.27. The highest BCUT2D eigenvalue weighted by Crippen LogP contribution is 2.30. The predicted octanol–water partition coefficient (Wildman–Crippen LogP) is 3.66. The normalized spacial score (nSPS) is 18.2. The molecule has 0 amide bonds. The van der Waals surface area contributed by atoms with Gasteiger partial charge in [-0.3, -0.25) is 0 Å². The Balaban J connectivity index is 1.62. The average molecular weight is 279 g/mol. The van der Waals surface area contributed by atoms with Gasteiger partial charge in [0.2, 0.25) is 0 Å². The first-order valence-electron chi connectivity index (χ1n) is 7.43. The number of fused-ring (bicyclic) bond motifs is 1. The Morgan fingerprint density at radius 3 is 2.71 bits per heavy atom. The minimum atomic E-state index is 0.595. The number of nitrogens with zero attached hydrogens (tertiary/aromatic N) is 3. The molecule has 3 heterocycles. The molecule has 106 valence electrons. The second-order valence-electron chi connectivity index (χ2n) is 5.50. The predicted molar refractivity (Wildman–Crippen MR) is 79.8 cm³/mol. The fourth-order valence-corrected chi connectivity index (χ4v) is 3.13. The molecule has 0 N–H and O–H groups in total. The zero-order valence-electron chi connectivity index (χ0n) is 11.8. The van der Waals surface area contributed by atoms with E-state index in [1.807, 2.05) is 12.1 Å². The monoisotopic (exact) mass is 279 g/mol. The molecule has 3 aromatic rings. The third-order valence-electron chi connectivity index (χ3n) is 4.26. The molecule has 4 heteroatoms. The Morgan fingerprint density at radius 1 is 1.00 bits per heavy atom. The first-order valence-corrected chi connectivity index (χ1v) is 7.43. The van der Waals surface area contributed by atoms with Crippen LogP contribution in [0.1, 0.15) is 30.1 Å². The number of furan rings is 1. The molecule has 1 atom stereocenters. The lowest BCUT2D eigenvalue weighted by molar-refractivity contribution is 0.545. The van der Waals surface area contributed by atoms with Crippen LogP contribution < -0.4 is 0 Å². The molecule has 1 unspecified atom stereocenters. The summed E-state index contributed by atoms with van der Waals surface area (Å²) in [5.74, 6) is 3.31. The summed E-state index contributed by atoms with van der Waals surface area (Å²) in [6.45, 7) is 0.942. The van der Waals surface area contributed by atoms with Crippen LogP contribution in [0.4, 0.5) is 0 Å². The number of rotatable bonds is 2. The largest absolute Gasteiger partial charge is 0.461 e. The Bertz CT molecular complexity index is 716. The maximum atomic E-state index is 5.47. The van der Waals surface area contributed by atoms with E-state index < -0.39 is 0 Å². The molecule has 1 aliphatic heterocycles. The van der Waals surface area contributed by atoms with E-state index in [0.717, 1.165) is 43.2 Å². The molecule has 0 saturated carbocycles. The molecule has 0 radical (unpaired) electrons. The Morgan fingerprint density at radius 2 is 1.90 bits per heavy atom. The van der Waals surface area contributed by atoms with Crippen molar-refractivity contribution in [3.63, 3.8) is 0 Å². The van der Waals surface area contributed by atoms with Crippen LogP contribution >= 0.6 is 0 Å². The van der Waals surface area contributed by atoms with Gasteiger partial charge < -0.3 is 8.98 Å². The van der Waals surface area contributed by atoms with Gasteiger partial charge in [-0.15, -0.1) is 10.2 Å². The van der Waals surface area contributed by atoms with Gasteiger partial charge in [0.15, 0.2) is 11.6 Å². The fourth-order valence-electron chi connectivity index (χ4n) is 3.13. The van der Waals surface area contributed by atoms with Crippen molar-refractivity contribution in [3.8, 4) is 11.6 Å². The number of aryl methyl sites for hydroxylation is 1. The maximum Gasteiger partial charge on any atom is 0.199 e. The van der Waals surface area contributed by atoms with Crippen LogP contribution in [0, 0.1) is 0 Å². The summed E-state index contributed by atoms with van der Waals surface area (Å²) in [5.41, 5.74) is 1.43. The highest BCUT2D eigenvalue weighted by atomic mass is 16.3. The molecule has 0 spiro atoms. The van der Waals surface area contributed by atoms with Gasteiger partial charge in [-0.25, -0.2) is 0 Å². The van der Waals surface area contributed by atoms with Gasteiger partial charge in [-0.2, -0.15) is 0 Å². The molecule has 1 aromatic carbocycles. The van der Waals surface area contributed by atoms with Gasteiger partial charge in [0.1, 0.15) is 5.82 Å². The van der Waals surface area contributed by atoms with E-state index in [9.17, 15) is 0 Å². The van der Waals surface area contributed by atoms with Gasteiger partial charge >= 0.3 is 0 Å². The lowest BCUT2D eigenvalue weighted by atomic mass is 9.92. The SMILES string of the molecule is c1ccc(C2CCc3nnc(-c4ccco4)n3CC2)cc1. The van der Waals surface area contributed by atoms with Crippen LogP contribution in [-0.2, 0) is 13.0 Å². The molecule has 0 aliphatic carbocycles. The molecular formula is C17H17N3O. The molecule has 1 aliphatic rings. The van der Waals surface area contributed by atoms with Crippen molar-refractivity contribution in [3.05, 3.63) is 60.1 Å². The highest BCUT2D eigenvalue weighted by molar-refractivity contribution is 5.46. The van der Waals surface area contributed by atoms with Gasteiger partial charge in [-0.1, -0.05) is 30.3 Å². The van der Waals surface area contributed by atoms with Crippen LogP contribution in [0.2, 0.25) is 0 Å². The van der Waals surface area contributed by atoms with Crippen molar-refractivity contribution in [2.24, 2.45) is 0 Å². The number of hydrogen-bond acceptors (Lipinski definition) is 3. The van der Waals surface area contributed by atoms with Crippen LogP contribution in [0.5, 0.6) is 0 Å². The lowest BCUT2D eigenvalue weighted by Gasteiger charge is -2.14. The zero-order valence-corrected chi connectivity index (χ0v) is 11.8. The summed E-state index contributed by atoms with van der Waals surface area (Å²) in [6, 6.07) is 14.6. The van der Waals surface area contributed by atoms with E-state index in [1.54, 1.807) is 6.26 Å². The zero-order chi connectivity index (χ0) is 14.1. The van der Waals surface area contributed by atoms with Crippen molar-refractivity contribution >= 4 is 0 Å². The molecule has 21 heavy (non-hydrogen) atoms. The molecular weight excluding hydrogens is 262 g/mol. The summed E-state index contributed by atoms with van der Waals surface area (Å²) in [7, 11) is 0. The van der Waals surface area contributed by atoms with Gasteiger partial charge in [0.25, 0.3) is 0 Å². The van der Waals surface area contributed by atoms with Crippen LogP contribution in [0.25, 0.3) is 11.6 Å².